The van der Waals surface area contributed by atoms with Crippen LogP contribution < -0.4 is 16.0 Å². The van der Waals surface area contributed by atoms with Crippen LogP contribution in [0.4, 0.5) is 10.1 Å². The molecule has 0 fully saturated rings. The standard InChI is InChI=1S/C14H18FN3O2/c1-3-8(2)17-12(19)7-18-11-6-9(15)4-5-10(11)13(16)14(18)20/h4-6,8,13H,3,7,16H2,1-2H3,(H,17,19). The lowest BCUT2D eigenvalue weighted by Gasteiger charge is -2.19. The van der Waals surface area contributed by atoms with E-state index in [0.29, 0.717) is 11.3 Å². The molecule has 0 aromatic heterocycles. The summed E-state index contributed by atoms with van der Waals surface area (Å²) >= 11 is 0. The second kappa shape index (κ2) is 5.58. The number of benzene rings is 1. The zero-order valence-electron chi connectivity index (χ0n) is 11.5. The average molecular weight is 279 g/mol. The fourth-order valence-electron chi connectivity index (χ4n) is 2.16. The van der Waals surface area contributed by atoms with E-state index < -0.39 is 11.9 Å². The monoisotopic (exact) mass is 279 g/mol. The van der Waals surface area contributed by atoms with Crippen molar-refractivity contribution >= 4 is 17.5 Å². The first kappa shape index (κ1) is 14.5. The number of fused-ring (bicyclic) bond motifs is 1. The van der Waals surface area contributed by atoms with E-state index in [1.54, 1.807) is 0 Å². The van der Waals surface area contributed by atoms with E-state index in [2.05, 4.69) is 5.32 Å². The number of hydrogen-bond donors (Lipinski definition) is 2. The van der Waals surface area contributed by atoms with Crippen molar-refractivity contribution in [2.75, 3.05) is 11.4 Å². The molecule has 0 saturated heterocycles. The van der Waals surface area contributed by atoms with Gasteiger partial charge in [-0.05, 0) is 25.5 Å². The van der Waals surface area contributed by atoms with Crippen LogP contribution in [0.15, 0.2) is 18.2 Å². The number of anilines is 1. The Hall–Kier alpha value is -1.95. The molecule has 0 radical (unpaired) electrons. The number of nitrogens with two attached hydrogens (primary N) is 1. The number of rotatable bonds is 4. The highest BCUT2D eigenvalue weighted by molar-refractivity contribution is 6.07. The van der Waals surface area contributed by atoms with Crippen LogP contribution in [-0.2, 0) is 9.59 Å². The third-order valence-corrected chi connectivity index (χ3v) is 3.47. The smallest absolute Gasteiger partial charge is 0.249 e. The predicted octanol–water partition coefficient (Wildman–Crippen LogP) is 1.09. The van der Waals surface area contributed by atoms with E-state index in [0.717, 1.165) is 6.42 Å². The number of carbonyl (C=O) groups excluding carboxylic acids is 2. The molecule has 2 rings (SSSR count). The molecule has 2 atom stereocenters. The molecule has 0 spiro atoms. The third kappa shape index (κ3) is 2.65. The molecule has 2 amide bonds. The number of nitrogens with zero attached hydrogens (tertiary/aromatic N) is 1. The lowest BCUT2D eigenvalue weighted by atomic mass is 10.1. The molecule has 2 unspecified atom stereocenters. The normalized spacial score (nSPS) is 18.9. The Morgan fingerprint density at radius 3 is 2.90 bits per heavy atom. The molecular formula is C14H18FN3O2. The minimum atomic E-state index is -0.831. The van der Waals surface area contributed by atoms with Crippen molar-refractivity contribution < 1.29 is 14.0 Å². The number of halogens is 1. The molecule has 0 aliphatic carbocycles. The Balaban J connectivity index is 2.19. The van der Waals surface area contributed by atoms with Crippen molar-refractivity contribution in [2.24, 2.45) is 5.73 Å². The van der Waals surface area contributed by atoms with Crippen LogP contribution in [-0.4, -0.2) is 24.4 Å². The van der Waals surface area contributed by atoms with Gasteiger partial charge in [-0.25, -0.2) is 4.39 Å². The van der Waals surface area contributed by atoms with Crippen molar-refractivity contribution in [1.82, 2.24) is 5.32 Å². The number of amides is 2. The summed E-state index contributed by atoms with van der Waals surface area (Å²) in [5.74, 6) is -1.13. The van der Waals surface area contributed by atoms with Crippen LogP contribution in [0.25, 0.3) is 0 Å². The molecule has 0 bridgehead atoms. The summed E-state index contributed by atoms with van der Waals surface area (Å²) in [6.07, 6.45) is 0.796. The van der Waals surface area contributed by atoms with Crippen molar-refractivity contribution in [3.63, 3.8) is 0 Å². The van der Waals surface area contributed by atoms with Gasteiger partial charge in [-0.15, -0.1) is 0 Å². The van der Waals surface area contributed by atoms with Crippen LogP contribution in [0.2, 0.25) is 0 Å². The van der Waals surface area contributed by atoms with Gasteiger partial charge in [-0.1, -0.05) is 13.0 Å². The molecule has 1 aromatic carbocycles. The number of carbonyl (C=O) groups is 2. The maximum Gasteiger partial charge on any atom is 0.249 e. The fraction of sp³-hybridized carbons (Fsp3) is 0.429. The van der Waals surface area contributed by atoms with Crippen LogP contribution in [0.1, 0.15) is 31.9 Å². The van der Waals surface area contributed by atoms with Gasteiger partial charge in [0.2, 0.25) is 11.8 Å². The first-order valence-corrected chi connectivity index (χ1v) is 6.59. The van der Waals surface area contributed by atoms with Crippen molar-refractivity contribution in [1.29, 1.82) is 0 Å². The second-order valence-corrected chi connectivity index (χ2v) is 4.98. The summed E-state index contributed by atoms with van der Waals surface area (Å²) in [5, 5.41) is 2.77. The maximum atomic E-state index is 13.3. The minimum Gasteiger partial charge on any atom is -0.352 e. The summed E-state index contributed by atoms with van der Waals surface area (Å²) in [6.45, 7) is 3.68. The zero-order chi connectivity index (χ0) is 14.9. The van der Waals surface area contributed by atoms with E-state index in [4.69, 9.17) is 5.73 Å². The molecule has 1 aliphatic heterocycles. The highest BCUT2D eigenvalue weighted by atomic mass is 19.1. The van der Waals surface area contributed by atoms with Crippen molar-refractivity contribution in [3.8, 4) is 0 Å². The Morgan fingerprint density at radius 2 is 2.25 bits per heavy atom. The summed E-state index contributed by atoms with van der Waals surface area (Å²) < 4.78 is 13.3. The van der Waals surface area contributed by atoms with Crippen LogP contribution >= 0.6 is 0 Å². The summed E-state index contributed by atoms with van der Waals surface area (Å²) in [4.78, 5) is 25.2. The maximum absolute atomic E-state index is 13.3. The Kier molecular flexibility index (Phi) is 4.04. The predicted molar refractivity (Wildman–Crippen MR) is 73.6 cm³/mol. The number of nitrogens with one attached hydrogen (secondary N) is 1. The first-order valence-electron chi connectivity index (χ1n) is 6.59. The van der Waals surface area contributed by atoms with Crippen LogP contribution in [0.3, 0.4) is 0 Å². The molecule has 1 aliphatic rings. The quantitative estimate of drug-likeness (QED) is 0.866. The lowest BCUT2D eigenvalue weighted by molar-refractivity contribution is -0.124. The number of hydrogen-bond acceptors (Lipinski definition) is 3. The zero-order valence-corrected chi connectivity index (χ0v) is 11.5. The highest BCUT2D eigenvalue weighted by Gasteiger charge is 2.36. The third-order valence-electron chi connectivity index (χ3n) is 3.47. The van der Waals surface area contributed by atoms with Gasteiger partial charge in [0.05, 0.1) is 5.69 Å². The Labute approximate surface area is 116 Å². The SMILES string of the molecule is CCC(C)NC(=O)CN1C(=O)C(N)c2ccc(F)cc21. The molecule has 0 saturated carbocycles. The second-order valence-electron chi connectivity index (χ2n) is 4.98. The molecule has 20 heavy (non-hydrogen) atoms. The largest absolute Gasteiger partial charge is 0.352 e. The molecular weight excluding hydrogens is 261 g/mol. The molecule has 6 heteroatoms. The molecule has 1 aromatic rings. The van der Waals surface area contributed by atoms with Gasteiger partial charge in [-0.2, -0.15) is 0 Å². The van der Waals surface area contributed by atoms with Gasteiger partial charge < -0.3 is 16.0 Å². The van der Waals surface area contributed by atoms with Gasteiger partial charge in [0.15, 0.2) is 0 Å². The molecule has 3 N–H and O–H groups in total. The molecule has 108 valence electrons. The van der Waals surface area contributed by atoms with Crippen LogP contribution in [0.5, 0.6) is 0 Å². The van der Waals surface area contributed by atoms with Gasteiger partial charge in [-0.3, -0.25) is 9.59 Å². The van der Waals surface area contributed by atoms with E-state index in [9.17, 15) is 14.0 Å². The van der Waals surface area contributed by atoms with E-state index in [-0.39, 0.29) is 24.4 Å². The van der Waals surface area contributed by atoms with Gasteiger partial charge in [0.1, 0.15) is 18.4 Å². The van der Waals surface area contributed by atoms with Gasteiger partial charge in [0, 0.05) is 11.6 Å². The topological polar surface area (TPSA) is 75.4 Å². The fourth-order valence-corrected chi connectivity index (χ4v) is 2.16. The summed E-state index contributed by atoms with van der Waals surface area (Å²) in [7, 11) is 0. The van der Waals surface area contributed by atoms with Crippen molar-refractivity contribution in [2.45, 2.75) is 32.4 Å². The van der Waals surface area contributed by atoms with Crippen molar-refractivity contribution in [3.05, 3.63) is 29.6 Å². The first-order chi connectivity index (χ1) is 9.43. The average Bonchev–Trinajstić information content (AvgIpc) is 2.63. The van der Waals surface area contributed by atoms with E-state index >= 15 is 0 Å². The van der Waals surface area contributed by atoms with Crippen LogP contribution in [0, 0.1) is 5.82 Å². The highest BCUT2D eigenvalue weighted by Crippen LogP contribution is 2.34. The molecule has 5 nitrogen and oxygen atoms in total. The van der Waals surface area contributed by atoms with Gasteiger partial charge >= 0.3 is 0 Å². The van der Waals surface area contributed by atoms with Gasteiger partial charge in [0.25, 0.3) is 0 Å². The molecule has 1 heterocycles. The Morgan fingerprint density at radius 1 is 1.55 bits per heavy atom. The lowest BCUT2D eigenvalue weighted by Crippen LogP contribution is -2.43. The van der Waals surface area contributed by atoms with E-state index in [1.165, 1.54) is 23.1 Å². The Bertz CT molecular complexity index is 547. The summed E-state index contributed by atoms with van der Waals surface area (Å²) in [5.41, 5.74) is 6.71. The van der Waals surface area contributed by atoms with E-state index in [1.807, 2.05) is 13.8 Å². The summed E-state index contributed by atoms with van der Waals surface area (Å²) in [6, 6.07) is 3.17. The minimum absolute atomic E-state index is 0.0286.